The molecule has 128 valence electrons. The number of aliphatic carboxylic acids is 1. The third kappa shape index (κ3) is 6.12. The van der Waals surface area contributed by atoms with Crippen molar-refractivity contribution < 1.29 is 27.9 Å². The van der Waals surface area contributed by atoms with Gasteiger partial charge in [0.05, 0.1) is 0 Å². The van der Waals surface area contributed by atoms with Crippen LogP contribution in [0.5, 0.6) is 0 Å². The number of amides is 1. The van der Waals surface area contributed by atoms with Crippen LogP contribution >= 0.6 is 7.36 Å². The van der Waals surface area contributed by atoms with E-state index in [-0.39, 0.29) is 18.0 Å². The highest BCUT2D eigenvalue weighted by atomic mass is 32.4. The molecule has 22 heavy (non-hydrogen) atoms. The molecule has 0 aliphatic carbocycles. The molecule has 0 rings (SSSR count). The van der Waals surface area contributed by atoms with Gasteiger partial charge < -0.3 is 5.11 Å². The van der Waals surface area contributed by atoms with E-state index in [1.807, 2.05) is 0 Å². The predicted octanol–water partition coefficient (Wildman–Crippen LogP) is 1.21. The van der Waals surface area contributed by atoms with E-state index in [1.54, 1.807) is 13.8 Å². The van der Waals surface area contributed by atoms with Gasteiger partial charge in [-0.15, -0.1) is 0 Å². The number of rotatable bonds is 10. The first kappa shape index (κ1) is 21.2. The minimum Gasteiger partial charge on any atom is -0.480 e. The van der Waals surface area contributed by atoms with Gasteiger partial charge >= 0.3 is 23.6 Å². The molecule has 1 unspecified atom stereocenters. The highest BCUT2D eigenvalue weighted by molar-refractivity contribution is 7.97. The number of nitrogens with zero attached hydrogens (tertiary/aromatic N) is 1. The van der Waals surface area contributed by atoms with Crippen molar-refractivity contribution in [1.29, 1.82) is 0 Å². The Morgan fingerprint density at radius 2 is 1.64 bits per heavy atom. The molecule has 0 aliphatic heterocycles. The molecular weight excluding hydrogens is 342 g/mol. The van der Waals surface area contributed by atoms with Crippen LogP contribution in [0.2, 0.25) is 0 Å². The van der Waals surface area contributed by atoms with Crippen molar-refractivity contribution in [1.82, 2.24) is 15.5 Å². The highest BCUT2D eigenvalue weighted by Crippen LogP contribution is 2.28. The molecule has 0 bridgehead atoms. The average Bonchev–Trinajstić information content (AvgIpc) is 2.44. The average molecular weight is 362 g/mol. The summed E-state index contributed by atoms with van der Waals surface area (Å²) in [5, 5.41) is 14.4. The molecule has 0 spiro atoms. The number of carboxylic acids is 1. The monoisotopic (exact) mass is 362 g/mol. The van der Waals surface area contributed by atoms with Gasteiger partial charge in [-0.2, -0.15) is 13.2 Å². The topological polar surface area (TPSA) is 81.7 Å². The summed E-state index contributed by atoms with van der Waals surface area (Å²) in [7, 11) is -0.607. The maximum Gasteiger partial charge on any atom is 0.471 e. The van der Waals surface area contributed by atoms with Crippen LogP contribution in [0, 0.1) is 0 Å². The lowest BCUT2D eigenvalue weighted by molar-refractivity contribution is -0.192. The van der Waals surface area contributed by atoms with Crippen LogP contribution in [-0.2, 0) is 21.4 Å². The molecule has 0 aliphatic rings. The summed E-state index contributed by atoms with van der Waals surface area (Å²) in [6.45, 7) is 3.03. The fourth-order valence-electron chi connectivity index (χ4n) is 1.62. The van der Waals surface area contributed by atoms with Crippen LogP contribution < -0.4 is 10.6 Å². The van der Waals surface area contributed by atoms with Crippen molar-refractivity contribution in [2.24, 2.45) is 0 Å². The van der Waals surface area contributed by atoms with Crippen LogP contribution in [0.3, 0.4) is 0 Å². The third-order valence-electron chi connectivity index (χ3n) is 2.60. The summed E-state index contributed by atoms with van der Waals surface area (Å²) >= 11 is 4.93. The molecule has 0 heterocycles. The minimum absolute atomic E-state index is 0.228. The van der Waals surface area contributed by atoms with Gasteiger partial charge in [0.15, 0.2) is 11.8 Å². The van der Waals surface area contributed by atoms with Crippen molar-refractivity contribution in [2.75, 3.05) is 19.6 Å². The Morgan fingerprint density at radius 1 is 1.18 bits per heavy atom. The van der Waals surface area contributed by atoms with E-state index in [9.17, 15) is 22.8 Å². The molecule has 11 heteroatoms. The number of hydrogen-bond acceptors (Lipinski definition) is 5. The van der Waals surface area contributed by atoms with Crippen molar-refractivity contribution in [2.45, 2.75) is 38.4 Å². The van der Waals surface area contributed by atoms with Crippen molar-refractivity contribution >= 4 is 31.0 Å². The first-order valence-corrected chi connectivity index (χ1v) is 8.77. The van der Waals surface area contributed by atoms with E-state index in [0.29, 0.717) is 12.8 Å². The lowest BCUT2D eigenvalue weighted by Gasteiger charge is -2.35. The number of carboxylic acid groups (broad SMARTS) is 1. The van der Waals surface area contributed by atoms with Crippen LogP contribution in [0.1, 0.15) is 26.7 Å². The normalized spacial score (nSPS) is 12.4. The van der Waals surface area contributed by atoms with Gasteiger partial charge in [-0.3, -0.25) is 14.5 Å². The quantitative estimate of drug-likeness (QED) is 0.400. The number of alkyl halides is 3. The largest absolute Gasteiger partial charge is 0.480 e. The number of hydrogen-bond donors (Lipinski definition) is 3. The smallest absolute Gasteiger partial charge is 0.471 e. The lowest BCUT2D eigenvalue weighted by atomic mass is 10.4. The fourth-order valence-corrected chi connectivity index (χ4v) is 3.07. The summed E-state index contributed by atoms with van der Waals surface area (Å²) < 4.78 is 38.4. The Kier molecular flexibility index (Phi) is 8.99. The summed E-state index contributed by atoms with van der Waals surface area (Å²) in [6.07, 6.45) is -4.02. The third-order valence-corrected chi connectivity index (χ3v) is 4.40. The number of carbonyl (C=O) groups excluding carboxylic acids is 1. The summed E-state index contributed by atoms with van der Waals surface area (Å²) in [4.78, 5) is 22.8. The fraction of sp³-hybridized carbons (Fsp3) is 0.818. The molecule has 0 fully saturated rings. The predicted molar refractivity (Wildman–Crippen MR) is 80.4 cm³/mol. The maximum absolute atomic E-state index is 12.8. The van der Waals surface area contributed by atoms with E-state index in [2.05, 4.69) is 10.6 Å². The van der Waals surface area contributed by atoms with E-state index in [1.165, 1.54) is 0 Å². The van der Waals surface area contributed by atoms with Crippen LogP contribution in [0.4, 0.5) is 13.2 Å². The Labute approximate surface area is 133 Å². The van der Waals surface area contributed by atoms with Gasteiger partial charge in [-0.05, 0) is 12.8 Å². The summed E-state index contributed by atoms with van der Waals surface area (Å²) in [6, 6.07) is 0. The Balaban J connectivity index is 5.72. The van der Waals surface area contributed by atoms with Crippen LogP contribution in [-0.4, -0.2) is 53.2 Å². The van der Waals surface area contributed by atoms with E-state index in [4.69, 9.17) is 16.9 Å². The second-order valence-corrected chi connectivity index (χ2v) is 5.99. The minimum atomic E-state index is -5.18. The molecule has 0 aromatic heterocycles. The first-order valence-electron chi connectivity index (χ1n) is 6.64. The van der Waals surface area contributed by atoms with Crippen LogP contribution in [0.25, 0.3) is 0 Å². The van der Waals surface area contributed by atoms with E-state index < -0.39 is 37.5 Å². The highest BCUT2D eigenvalue weighted by Gasteiger charge is 2.54. The zero-order valence-corrected chi connectivity index (χ0v) is 14.1. The van der Waals surface area contributed by atoms with Crippen molar-refractivity contribution in [3.8, 4) is 0 Å². The van der Waals surface area contributed by atoms with Gasteiger partial charge in [0.1, 0.15) is 6.54 Å². The molecule has 6 nitrogen and oxygen atoms in total. The van der Waals surface area contributed by atoms with Gasteiger partial charge in [-0.25, -0.2) is 10.6 Å². The number of nitrogens with one attached hydrogen (secondary N) is 2. The Bertz CT molecular complexity index is 402. The van der Waals surface area contributed by atoms with Gasteiger partial charge in [-0.1, -0.05) is 13.8 Å². The molecule has 3 N–H and O–H groups in total. The number of carbonyl (C=O) groups is 2. The first-order chi connectivity index (χ1) is 10.1. The number of halogens is 3. The molecule has 0 radical (unpaired) electrons. The Morgan fingerprint density at radius 3 is 1.91 bits per heavy atom. The molecule has 1 atom stereocenters. The van der Waals surface area contributed by atoms with Gasteiger partial charge in [0.2, 0.25) is 7.36 Å². The summed E-state index contributed by atoms with van der Waals surface area (Å²) in [5.74, 6) is -3.79. The zero-order chi connectivity index (χ0) is 17.4. The molecule has 1 amide bonds. The molecule has 0 aromatic carbocycles. The zero-order valence-electron chi connectivity index (χ0n) is 12.3. The molecule has 0 saturated heterocycles. The standard InChI is InChI=1S/C11H19F3N3O3PS/c1-3-5-15-11(21-22,16-6-4-2)17(7-8(18)19)9(20)10(12,13)14/h15-16H,3-7H2,1-2H3,(H,18,19)/p+1. The maximum atomic E-state index is 12.8. The molecule has 0 saturated carbocycles. The van der Waals surface area contributed by atoms with Crippen molar-refractivity contribution in [3.63, 3.8) is 0 Å². The molecule has 0 aromatic rings. The van der Waals surface area contributed by atoms with E-state index >= 15 is 0 Å². The Hall–Kier alpha value is -0.830. The van der Waals surface area contributed by atoms with Crippen LogP contribution in [0.15, 0.2) is 0 Å². The molecular formula is C11H20F3N3O3PS+. The van der Waals surface area contributed by atoms with Gasteiger partial charge in [0, 0.05) is 13.1 Å². The van der Waals surface area contributed by atoms with Crippen molar-refractivity contribution in [3.05, 3.63) is 0 Å². The lowest BCUT2D eigenvalue weighted by Crippen LogP contribution is -2.68. The second kappa shape index (κ2) is 9.34. The SMILES string of the molecule is CCCNC(NCCC)([PH+]=S)N(CC(=O)O)C(=O)C(F)(F)F. The summed E-state index contributed by atoms with van der Waals surface area (Å²) in [5.41, 5.74) is -1.70. The van der Waals surface area contributed by atoms with Gasteiger partial charge in [0.25, 0.3) is 0 Å². The second-order valence-electron chi connectivity index (χ2n) is 4.45. The van der Waals surface area contributed by atoms with E-state index in [0.717, 1.165) is 0 Å².